The topological polar surface area (TPSA) is 88.5 Å². The van der Waals surface area contributed by atoms with Gasteiger partial charge >= 0.3 is 12.1 Å². The van der Waals surface area contributed by atoms with Crippen LogP contribution in [0.25, 0.3) is 31.8 Å². The van der Waals surface area contributed by atoms with Crippen LogP contribution in [0.3, 0.4) is 0 Å². The number of carbonyl (C=O) groups excluding carboxylic acids is 1. The zero-order valence-electron chi connectivity index (χ0n) is 22.2. The third-order valence-corrected chi connectivity index (χ3v) is 8.70. The number of aromatic nitrogens is 1. The Bertz CT molecular complexity index is 1710. The van der Waals surface area contributed by atoms with E-state index in [2.05, 4.69) is 10.3 Å². The first-order valence-corrected chi connectivity index (χ1v) is 14.0. The number of amides is 1. The molecule has 2 heterocycles. The molecule has 0 unspecified atom stereocenters. The highest BCUT2D eigenvalue weighted by Crippen LogP contribution is 2.49. The lowest BCUT2D eigenvalue weighted by molar-refractivity contribution is -0.140. The highest BCUT2D eigenvalue weighted by molar-refractivity contribution is 7.22. The largest absolute Gasteiger partial charge is 0.481 e. The van der Waals surface area contributed by atoms with Gasteiger partial charge < -0.3 is 9.84 Å². The second-order valence-electron chi connectivity index (χ2n) is 10.3. The molecular weight excluding hydrogens is 520 g/mol. The molecule has 1 aliphatic rings. The molecule has 6 rings (SSSR count). The maximum absolute atomic E-state index is 13.0. The van der Waals surface area contributed by atoms with Crippen LogP contribution in [-0.2, 0) is 14.9 Å². The number of aliphatic carboxylic acids is 1. The number of thiophene rings is 1. The van der Waals surface area contributed by atoms with Gasteiger partial charge in [-0.1, -0.05) is 78.9 Å². The predicted molar refractivity (Wildman–Crippen MR) is 159 cm³/mol. The Morgan fingerprint density at radius 2 is 1.57 bits per heavy atom. The zero-order valence-corrected chi connectivity index (χ0v) is 23.0. The van der Waals surface area contributed by atoms with E-state index in [9.17, 15) is 14.7 Å². The van der Waals surface area contributed by atoms with Crippen LogP contribution in [0.2, 0.25) is 0 Å². The van der Waals surface area contributed by atoms with Gasteiger partial charge in [0.1, 0.15) is 10.9 Å². The maximum Gasteiger partial charge on any atom is 0.412 e. The minimum atomic E-state index is -0.750. The van der Waals surface area contributed by atoms with E-state index in [1.807, 2.05) is 105 Å². The number of hydrogen-bond acceptors (Lipinski definition) is 5. The van der Waals surface area contributed by atoms with Gasteiger partial charge in [0.2, 0.25) is 0 Å². The Balaban J connectivity index is 1.27. The van der Waals surface area contributed by atoms with Crippen LogP contribution in [0.4, 0.5) is 10.5 Å². The lowest BCUT2D eigenvalue weighted by Crippen LogP contribution is -2.19. The first-order chi connectivity index (χ1) is 19.3. The Labute approximate surface area is 236 Å². The van der Waals surface area contributed by atoms with Crippen molar-refractivity contribution in [3.63, 3.8) is 0 Å². The van der Waals surface area contributed by atoms with Gasteiger partial charge in [0.25, 0.3) is 0 Å². The average Bonchev–Trinajstić information content (AvgIpc) is 3.72. The summed E-state index contributed by atoms with van der Waals surface area (Å²) in [7, 11) is 0. The number of benzene rings is 3. The van der Waals surface area contributed by atoms with E-state index < -0.39 is 23.6 Å². The second kappa shape index (κ2) is 10.2. The monoisotopic (exact) mass is 548 g/mol. The molecule has 0 saturated heterocycles. The molecule has 5 aromatic rings. The molecule has 1 saturated carbocycles. The molecule has 6 nitrogen and oxygen atoms in total. The molecule has 40 heavy (non-hydrogen) atoms. The summed E-state index contributed by atoms with van der Waals surface area (Å²) in [4.78, 5) is 31.0. The van der Waals surface area contributed by atoms with Gasteiger partial charge in [0.15, 0.2) is 0 Å². The lowest BCUT2D eigenvalue weighted by Gasteiger charge is -2.15. The summed E-state index contributed by atoms with van der Waals surface area (Å²) in [5.41, 5.74) is 5.75. The van der Waals surface area contributed by atoms with Crippen molar-refractivity contribution in [2.24, 2.45) is 0 Å². The molecule has 1 aliphatic carbocycles. The Morgan fingerprint density at radius 1 is 0.950 bits per heavy atom. The number of pyridine rings is 1. The zero-order chi connectivity index (χ0) is 27.9. The first-order valence-electron chi connectivity index (χ1n) is 13.2. The Hall–Kier alpha value is -4.49. The van der Waals surface area contributed by atoms with Gasteiger partial charge in [-0.05, 0) is 66.1 Å². The number of fused-ring (bicyclic) bond motifs is 1. The van der Waals surface area contributed by atoms with Crippen molar-refractivity contribution in [1.82, 2.24) is 4.98 Å². The third-order valence-electron chi connectivity index (χ3n) is 7.54. The molecular formula is C33H28N2O4S. The van der Waals surface area contributed by atoms with Crippen molar-refractivity contribution in [3.05, 3.63) is 108 Å². The minimum absolute atomic E-state index is 0.398. The van der Waals surface area contributed by atoms with Gasteiger partial charge in [-0.25, -0.2) is 9.78 Å². The van der Waals surface area contributed by atoms with Crippen LogP contribution in [0.1, 0.15) is 42.6 Å². The minimum Gasteiger partial charge on any atom is -0.481 e. The molecule has 7 heteroatoms. The fraction of sp³-hybridized carbons (Fsp3) is 0.182. The van der Waals surface area contributed by atoms with Crippen molar-refractivity contribution < 1.29 is 19.4 Å². The SMILES string of the molecule is Cc1cnc2sc(-c3ccc(-c4ccc(C5(C(=O)O)CC5)cc4)cc3)c(NC(=O)O[C@H](C)c3ccccc3)c2c1. The molecule has 200 valence electrons. The molecule has 2 N–H and O–H groups in total. The number of nitrogens with one attached hydrogen (secondary N) is 1. The number of anilines is 1. The molecule has 1 amide bonds. The number of carboxylic acid groups (broad SMARTS) is 1. The molecule has 3 aromatic carbocycles. The number of ether oxygens (including phenoxy) is 1. The number of hydrogen-bond donors (Lipinski definition) is 2. The van der Waals surface area contributed by atoms with Crippen molar-refractivity contribution in [2.75, 3.05) is 5.32 Å². The van der Waals surface area contributed by atoms with Crippen LogP contribution in [-0.4, -0.2) is 22.2 Å². The van der Waals surface area contributed by atoms with Crippen molar-refractivity contribution in [2.45, 2.75) is 38.2 Å². The smallest absolute Gasteiger partial charge is 0.412 e. The summed E-state index contributed by atoms with van der Waals surface area (Å²) in [6.45, 7) is 3.83. The standard InChI is InChI=1S/C33H28N2O4S/c1-20-18-27-28(35-32(38)39-21(2)22-6-4-3-5-7-22)29(40-30(27)34-19-20)25-10-8-23(9-11-25)24-12-14-26(15-13-24)33(16-17-33)31(36)37/h3-15,18-19,21H,16-17H2,1-2H3,(H,35,38)(H,36,37)/t21-/m1/s1. The summed E-state index contributed by atoms with van der Waals surface area (Å²) >= 11 is 1.52. The predicted octanol–water partition coefficient (Wildman–Crippen LogP) is 8.36. The third kappa shape index (κ3) is 4.84. The number of aryl methyl sites for hydroxylation is 1. The number of nitrogens with zero attached hydrogens (tertiary/aromatic N) is 1. The number of carboxylic acids is 1. The van der Waals surface area contributed by atoms with Crippen molar-refractivity contribution in [1.29, 1.82) is 0 Å². The normalized spacial score (nSPS) is 14.4. The van der Waals surface area contributed by atoms with E-state index in [0.717, 1.165) is 48.5 Å². The van der Waals surface area contributed by atoms with Gasteiger partial charge in [0.05, 0.1) is 16.0 Å². The Morgan fingerprint density at radius 3 is 2.20 bits per heavy atom. The second-order valence-corrected chi connectivity index (χ2v) is 11.3. The van der Waals surface area contributed by atoms with Crippen LogP contribution in [0.5, 0.6) is 0 Å². The van der Waals surface area contributed by atoms with Gasteiger partial charge in [0, 0.05) is 11.6 Å². The summed E-state index contributed by atoms with van der Waals surface area (Å²) in [5.74, 6) is -0.750. The molecule has 1 atom stereocenters. The van der Waals surface area contributed by atoms with E-state index in [-0.39, 0.29) is 0 Å². The van der Waals surface area contributed by atoms with E-state index >= 15 is 0 Å². The molecule has 2 aromatic heterocycles. The van der Waals surface area contributed by atoms with Crippen LogP contribution in [0, 0.1) is 6.92 Å². The van der Waals surface area contributed by atoms with Crippen LogP contribution in [0.15, 0.2) is 91.1 Å². The highest BCUT2D eigenvalue weighted by Gasteiger charge is 2.51. The van der Waals surface area contributed by atoms with Crippen LogP contribution >= 0.6 is 11.3 Å². The number of rotatable bonds is 7. The van der Waals surface area contributed by atoms with Gasteiger partial charge in [-0.3, -0.25) is 10.1 Å². The van der Waals surface area contributed by atoms with Gasteiger partial charge in [-0.15, -0.1) is 11.3 Å². The van der Waals surface area contributed by atoms with E-state index in [0.29, 0.717) is 18.5 Å². The molecule has 0 aliphatic heterocycles. The Kier molecular flexibility index (Phi) is 6.60. The highest BCUT2D eigenvalue weighted by atomic mass is 32.1. The van der Waals surface area contributed by atoms with Crippen LogP contribution < -0.4 is 5.32 Å². The summed E-state index contributed by atoms with van der Waals surface area (Å²) in [6.07, 6.45) is 2.28. The molecule has 0 spiro atoms. The van der Waals surface area contributed by atoms with Crippen molar-refractivity contribution >= 4 is 39.3 Å². The van der Waals surface area contributed by atoms with Gasteiger partial charge in [-0.2, -0.15) is 0 Å². The van der Waals surface area contributed by atoms with Crippen molar-refractivity contribution in [3.8, 4) is 21.6 Å². The van der Waals surface area contributed by atoms with E-state index in [4.69, 9.17) is 4.74 Å². The van der Waals surface area contributed by atoms with E-state index in [1.54, 1.807) is 0 Å². The summed E-state index contributed by atoms with van der Waals surface area (Å²) in [5, 5.41) is 13.5. The maximum atomic E-state index is 13.0. The molecule has 0 radical (unpaired) electrons. The fourth-order valence-electron chi connectivity index (χ4n) is 5.05. The summed E-state index contributed by atoms with van der Waals surface area (Å²) < 4.78 is 5.71. The summed E-state index contributed by atoms with van der Waals surface area (Å²) in [6, 6.07) is 27.6. The molecule has 1 fully saturated rings. The van der Waals surface area contributed by atoms with E-state index in [1.165, 1.54) is 11.3 Å². The average molecular weight is 549 g/mol. The fourth-order valence-corrected chi connectivity index (χ4v) is 6.13. The lowest BCUT2D eigenvalue weighted by atomic mass is 9.93. The number of carbonyl (C=O) groups is 2. The molecule has 0 bridgehead atoms. The first kappa shape index (κ1) is 25.8. The quantitative estimate of drug-likeness (QED) is 0.213.